The van der Waals surface area contributed by atoms with Gasteiger partial charge in [-0.1, -0.05) is 30.3 Å². The minimum Gasteiger partial charge on any atom is -0.379 e. The lowest BCUT2D eigenvalue weighted by molar-refractivity contribution is -0.121. The summed E-state index contributed by atoms with van der Waals surface area (Å²) in [6, 6.07) is 10.5. The standard InChI is InChI=1S/C22H31N5O2/c28-22(20-7-4-8-26(17-20)16-19-5-2-1-3-6-19)24-21-15-23-27(18-21)10-9-25-11-13-29-14-12-25/h1-3,5-6,15,18,20H,4,7-14,16-17H2,(H,24,28). The number of nitrogens with one attached hydrogen (secondary N) is 1. The zero-order valence-corrected chi connectivity index (χ0v) is 17.0. The number of aromatic nitrogens is 2. The first-order valence-corrected chi connectivity index (χ1v) is 10.7. The zero-order chi connectivity index (χ0) is 19.9. The van der Waals surface area contributed by atoms with Gasteiger partial charge in [-0.05, 0) is 24.9 Å². The van der Waals surface area contributed by atoms with Crippen LogP contribution >= 0.6 is 0 Å². The second-order valence-electron chi connectivity index (χ2n) is 8.00. The van der Waals surface area contributed by atoms with Crippen LogP contribution < -0.4 is 5.32 Å². The second kappa shape index (κ2) is 10.0. The van der Waals surface area contributed by atoms with E-state index in [1.807, 2.05) is 16.9 Å². The Labute approximate surface area is 172 Å². The molecule has 2 fully saturated rings. The molecule has 1 amide bonds. The summed E-state index contributed by atoms with van der Waals surface area (Å²) in [6.45, 7) is 8.12. The van der Waals surface area contributed by atoms with Gasteiger partial charge in [0.1, 0.15) is 0 Å². The first-order valence-electron chi connectivity index (χ1n) is 10.7. The van der Waals surface area contributed by atoms with E-state index in [2.05, 4.69) is 44.5 Å². The highest BCUT2D eigenvalue weighted by atomic mass is 16.5. The molecule has 2 saturated heterocycles. The van der Waals surface area contributed by atoms with Crippen LogP contribution in [0, 0.1) is 5.92 Å². The van der Waals surface area contributed by atoms with E-state index >= 15 is 0 Å². The van der Waals surface area contributed by atoms with Crippen molar-refractivity contribution >= 4 is 11.6 Å². The van der Waals surface area contributed by atoms with Crippen LogP contribution in [-0.2, 0) is 22.6 Å². The van der Waals surface area contributed by atoms with Gasteiger partial charge in [0, 0.05) is 38.9 Å². The molecule has 4 rings (SSSR count). The molecule has 3 heterocycles. The van der Waals surface area contributed by atoms with Crippen LogP contribution in [0.3, 0.4) is 0 Å². The van der Waals surface area contributed by atoms with Gasteiger partial charge in [0.2, 0.25) is 5.91 Å². The Morgan fingerprint density at radius 3 is 2.76 bits per heavy atom. The fourth-order valence-electron chi connectivity index (χ4n) is 4.12. The van der Waals surface area contributed by atoms with E-state index in [0.29, 0.717) is 0 Å². The number of carbonyl (C=O) groups excluding carboxylic acids is 1. The first-order chi connectivity index (χ1) is 14.3. The molecule has 1 atom stereocenters. The average molecular weight is 398 g/mol. The van der Waals surface area contributed by atoms with Gasteiger partial charge in [-0.3, -0.25) is 19.3 Å². The number of benzene rings is 1. The lowest BCUT2D eigenvalue weighted by Crippen LogP contribution is -2.40. The molecule has 0 radical (unpaired) electrons. The molecule has 2 aliphatic rings. The summed E-state index contributed by atoms with van der Waals surface area (Å²) in [5.74, 6) is 0.139. The van der Waals surface area contributed by atoms with E-state index in [-0.39, 0.29) is 11.8 Å². The Bertz CT molecular complexity index is 773. The topological polar surface area (TPSA) is 62.6 Å². The number of nitrogens with zero attached hydrogens (tertiary/aromatic N) is 4. The fourth-order valence-corrected chi connectivity index (χ4v) is 4.12. The number of ether oxygens (including phenoxy) is 1. The van der Waals surface area contributed by atoms with Gasteiger partial charge in [-0.25, -0.2) is 0 Å². The Hall–Kier alpha value is -2.22. The molecule has 1 N–H and O–H groups in total. The molecule has 2 aliphatic heterocycles. The van der Waals surface area contributed by atoms with Crippen LogP contribution in [0.25, 0.3) is 0 Å². The minimum atomic E-state index is 0.0316. The molecular formula is C22H31N5O2. The van der Waals surface area contributed by atoms with Crippen LogP contribution in [0.15, 0.2) is 42.7 Å². The number of piperidine rings is 1. The summed E-state index contributed by atoms with van der Waals surface area (Å²) < 4.78 is 7.29. The maximum absolute atomic E-state index is 12.8. The molecule has 29 heavy (non-hydrogen) atoms. The molecule has 1 unspecified atom stereocenters. The van der Waals surface area contributed by atoms with Crippen LogP contribution in [-0.4, -0.2) is 71.4 Å². The summed E-state index contributed by atoms with van der Waals surface area (Å²) in [5.41, 5.74) is 2.09. The Morgan fingerprint density at radius 1 is 1.10 bits per heavy atom. The van der Waals surface area contributed by atoms with E-state index < -0.39 is 0 Å². The maximum Gasteiger partial charge on any atom is 0.228 e. The lowest BCUT2D eigenvalue weighted by Gasteiger charge is -2.31. The summed E-state index contributed by atoms with van der Waals surface area (Å²) in [5, 5.41) is 7.48. The summed E-state index contributed by atoms with van der Waals surface area (Å²) in [7, 11) is 0. The molecule has 2 aromatic rings. The monoisotopic (exact) mass is 397 g/mol. The highest BCUT2D eigenvalue weighted by molar-refractivity contribution is 5.92. The largest absolute Gasteiger partial charge is 0.379 e. The third-order valence-electron chi connectivity index (χ3n) is 5.78. The van der Waals surface area contributed by atoms with Crippen LogP contribution in [0.2, 0.25) is 0 Å². The van der Waals surface area contributed by atoms with Crippen molar-refractivity contribution < 1.29 is 9.53 Å². The molecule has 1 aromatic carbocycles. The average Bonchev–Trinajstić information content (AvgIpc) is 3.21. The Kier molecular flexibility index (Phi) is 6.92. The van der Waals surface area contributed by atoms with Gasteiger partial charge in [0.25, 0.3) is 0 Å². The van der Waals surface area contributed by atoms with E-state index in [1.54, 1.807) is 6.20 Å². The number of rotatable bonds is 7. The van der Waals surface area contributed by atoms with E-state index in [4.69, 9.17) is 4.74 Å². The quantitative estimate of drug-likeness (QED) is 0.775. The van der Waals surface area contributed by atoms with Crippen LogP contribution in [0.4, 0.5) is 5.69 Å². The third kappa shape index (κ3) is 5.88. The van der Waals surface area contributed by atoms with Crippen molar-refractivity contribution in [3.63, 3.8) is 0 Å². The van der Waals surface area contributed by atoms with Crippen LogP contribution in [0.5, 0.6) is 0 Å². The molecule has 0 aliphatic carbocycles. The molecule has 7 heteroatoms. The van der Waals surface area contributed by atoms with Gasteiger partial charge in [0.05, 0.1) is 37.6 Å². The van der Waals surface area contributed by atoms with Crippen molar-refractivity contribution in [2.24, 2.45) is 5.92 Å². The maximum atomic E-state index is 12.8. The van der Waals surface area contributed by atoms with E-state index in [1.165, 1.54) is 5.56 Å². The lowest BCUT2D eigenvalue weighted by atomic mass is 9.96. The summed E-state index contributed by atoms with van der Waals surface area (Å²) >= 11 is 0. The summed E-state index contributed by atoms with van der Waals surface area (Å²) in [6.07, 6.45) is 5.69. The number of amides is 1. The summed E-state index contributed by atoms with van der Waals surface area (Å²) in [4.78, 5) is 17.5. The molecule has 0 saturated carbocycles. The Morgan fingerprint density at radius 2 is 1.93 bits per heavy atom. The van der Waals surface area contributed by atoms with Crippen molar-refractivity contribution in [2.75, 3.05) is 51.3 Å². The van der Waals surface area contributed by atoms with Crippen molar-refractivity contribution in [1.29, 1.82) is 0 Å². The van der Waals surface area contributed by atoms with Gasteiger partial charge < -0.3 is 10.1 Å². The third-order valence-corrected chi connectivity index (χ3v) is 5.78. The number of anilines is 1. The van der Waals surface area contributed by atoms with Gasteiger partial charge >= 0.3 is 0 Å². The SMILES string of the molecule is O=C(Nc1cnn(CCN2CCOCC2)c1)C1CCCN(Cc2ccccc2)C1. The van der Waals surface area contributed by atoms with Crippen LogP contribution in [0.1, 0.15) is 18.4 Å². The molecule has 0 bridgehead atoms. The molecular weight excluding hydrogens is 366 g/mol. The normalized spacial score (nSPS) is 21.2. The highest BCUT2D eigenvalue weighted by Crippen LogP contribution is 2.20. The highest BCUT2D eigenvalue weighted by Gasteiger charge is 2.26. The van der Waals surface area contributed by atoms with Crippen molar-refractivity contribution in [1.82, 2.24) is 19.6 Å². The second-order valence-corrected chi connectivity index (χ2v) is 8.00. The number of morpholine rings is 1. The van der Waals surface area contributed by atoms with Gasteiger partial charge in [-0.15, -0.1) is 0 Å². The zero-order valence-electron chi connectivity index (χ0n) is 17.0. The minimum absolute atomic E-state index is 0.0316. The van der Waals surface area contributed by atoms with Gasteiger partial charge in [0.15, 0.2) is 0 Å². The van der Waals surface area contributed by atoms with Crippen molar-refractivity contribution in [3.05, 3.63) is 48.3 Å². The first kappa shape index (κ1) is 20.1. The molecule has 7 nitrogen and oxygen atoms in total. The predicted molar refractivity (Wildman–Crippen MR) is 113 cm³/mol. The predicted octanol–water partition coefficient (Wildman–Crippen LogP) is 2.07. The number of likely N-dealkylation sites (tertiary alicyclic amines) is 1. The van der Waals surface area contributed by atoms with E-state index in [0.717, 1.165) is 77.6 Å². The van der Waals surface area contributed by atoms with Crippen molar-refractivity contribution in [3.8, 4) is 0 Å². The molecule has 156 valence electrons. The number of hydrogen-bond donors (Lipinski definition) is 1. The van der Waals surface area contributed by atoms with Gasteiger partial charge in [-0.2, -0.15) is 5.10 Å². The van der Waals surface area contributed by atoms with Crippen molar-refractivity contribution in [2.45, 2.75) is 25.9 Å². The molecule has 0 spiro atoms. The molecule has 1 aromatic heterocycles. The van der Waals surface area contributed by atoms with E-state index in [9.17, 15) is 4.79 Å². The smallest absolute Gasteiger partial charge is 0.228 e. The number of hydrogen-bond acceptors (Lipinski definition) is 5. The fraction of sp³-hybridized carbons (Fsp3) is 0.545. The number of carbonyl (C=O) groups is 1. The Balaban J connectivity index is 1.25.